The molecule has 2 aromatic carbocycles. The van der Waals surface area contributed by atoms with Crippen molar-refractivity contribution in [1.82, 2.24) is 15.5 Å². The molecule has 3 fully saturated rings. The number of rotatable bonds is 12. The Morgan fingerprint density at radius 3 is 2.37 bits per heavy atom. The van der Waals surface area contributed by atoms with E-state index in [0.29, 0.717) is 44.2 Å². The molecule has 3 aliphatic rings. The first-order valence-corrected chi connectivity index (χ1v) is 16.7. The lowest BCUT2D eigenvalue weighted by Crippen LogP contribution is -2.63. The molecule has 2 aromatic rings. The van der Waals surface area contributed by atoms with E-state index in [0.717, 1.165) is 54.5 Å². The Hall–Kier alpha value is -2.86. The number of carbonyl (C=O) groups excluding carboxylic acids is 2. The van der Waals surface area contributed by atoms with Gasteiger partial charge in [-0.2, -0.15) is 0 Å². The van der Waals surface area contributed by atoms with Crippen LogP contribution in [-0.4, -0.2) is 95.3 Å². The first-order valence-electron chi connectivity index (χ1n) is 16.7. The van der Waals surface area contributed by atoms with Crippen LogP contribution in [0.2, 0.25) is 0 Å². The standard InChI is InChI=1S/C36H51N3O7/c1-24-11-16-28(36-32(43)30(41)31(42)34(2,46-36)23-45-36)22-27(24)21-26-14-12-25(13-15-26)9-8-10-29(40)38-35(17-6-5-7-18-35)33(44)37-19-20-39(3)4/h11-16,22,30-32,41-43H,5-10,17-21,23H2,1-4H3,(H,37,44)(H,38,40)/t30-,31-,32+,34-,36-/m0/s1. The second-order valence-electron chi connectivity index (χ2n) is 14.0. The molecule has 2 bridgehead atoms. The molecule has 5 rings (SSSR count). The molecule has 0 unspecified atom stereocenters. The van der Waals surface area contributed by atoms with Gasteiger partial charge in [0.15, 0.2) is 0 Å². The van der Waals surface area contributed by atoms with Crippen LogP contribution in [0.25, 0.3) is 0 Å². The van der Waals surface area contributed by atoms with Crippen molar-refractivity contribution in [3.8, 4) is 0 Å². The Balaban J connectivity index is 1.16. The van der Waals surface area contributed by atoms with E-state index in [1.807, 2.05) is 44.1 Å². The van der Waals surface area contributed by atoms with Crippen LogP contribution in [0.1, 0.15) is 79.7 Å². The quantitative estimate of drug-likeness (QED) is 0.239. The number of nitrogens with zero attached hydrogens (tertiary/aromatic N) is 1. The normalized spacial score (nSPS) is 28.7. The van der Waals surface area contributed by atoms with Crippen LogP contribution >= 0.6 is 0 Å². The van der Waals surface area contributed by atoms with Crippen molar-refractivity contribution in [2.24, 2.45) is 0 Å². The van der Waals surface area contributed by atoms with Crippen LogP contribution in [0.5, 0.6) is 0 Å². The van der Waals surface area contributed by atoms with E-state index in [-0.39, 0.29) is 18.4 Å². The Bertz CT molecular complexity index is 1380. The summed E-state index contributed by atoms with van der Waals surface area (Å²) in [4.78, 5) is 28.1. The monoisotopic (exact) mass is 637 g/mol. The van der Waals surface area contributed by atoms with Crippen molar-refractivity contribution in [2.75, 3.05) is 33.8 Å². The fraction of sp³-hybridized carbons (Fsp3) is 0.611. The number of aliphatic hydroxyl groups excluding tert-OH is 3. The third-order valence-electron chi connectivity index (χ3n) is 10.0. The van der Waals surface area contributed by atoms with Crippen molar-refractivity contribution in [3.05, 3.63) is 70.3 Å². The minimum absolute atomic E-state index is 0.0574. The zero-order valence-electron chi connectivity index (χ0n) is 27.7. The van der Waals surface area contributed by atoms with Gasteiger partial charge in [-0.1, -0.05) is 55.7 Å². The van der Waals surface area contributed by atoms with E-state index < -0.39 is 35.2 Å². The second-order valence-corrected chi connectivity index (χ2v) is 14.0. The summed E-state index contributed by atoms with van der Waals surface area (Å²) in [6.07, 6.45) is 2.71. The molecule has 252 valence electrons. The highest BCUT2D eigenvalue weighted by Crippen LogP contribution is 2.49. The van der Waals surface area contributed by atoms with Crippen LogP contribution in [0, 0.1) is 6.92 Å². The van der Waals surface area contributed by atoms with Gasteiger partial charge in [0.1, 0.15) is 29.5 Å². The van der Waals surface area contributed by atoms with Crippen molar-refractivity contribution >= 4 is 11.8 Å². The van der Waals surface area contributed by atoms with Crippen LogP contribution in [0.3, 0.4) is 0 Å². The van der Waals surface area contributed by atoms with Crippen LogP contribution < -0.4 is 10.6 Å². The number of carbonyl (C=O) groups is 2. The predicted octanol–water partition coefficient (Wildman–Crippen LogP) is 2.46. The highest BCUT2D eigenvalue weighted by atomic mass is 16.8. The van der Waals surface area contributed by atoms with Gasteiger partial charge in [-0.3, -0.25) is 9.59 Å². The summed E-state index contributed by atoms with van der Waals surface area (Å²) in [6, 6.07) is 14.1. The molecule has 2 saturated heterocycles. The van der Waals surface area contributed by atoms with Gasteiger partial charge in [0.25, 0.3) is 0 Å². The van der Waals surface area contributed by atoms with Crippen molar-refractivity contribution < 1.29 is 34.4 Å². The molecule has 2 heterocycles. The summed E-state index contributed by atoms with van der Waals surface area (Å²) in [6.45, 7) is 5.08. The molecule has 5 N–H and O–H groups in total. The number of benzene rings is 2. The molecule has 0 spiro atoms. The molecule has 2 aliphatic heterocycles. The van der Waals surface area contributed by atoms with E-state index in [9.17, 15) is 24.9 Å². The minimum atomic E-state index is -1.54. The molecule has 0 aromatic heterocycles. The molecule has 0 radical (unpaired) electrons. The topological polar surface area (TPSA) is 141 Å². The number of amides is 2. The largest absolute Gasteiger partial charge is 0.387 e. The number of fused-ring (bicyclic) bond motifs is 2. The number of aliphatic hydroxyl groups is 3. The van der Waals surface area contributed by atoms with E-state index in [1.54, 1.807) is 6.92 Å². The minimum Gasteiger partial charge on any atom is -0.387 e. The van der Waals surface area contributed by atoms with Gasteiger partial charge in [0.2, 0.25) is 17.6 Å². The summed E-state index contributed by atoms with van der Waals surface area (Å²) in [7, 11) is 3.94. The van der Waals surface area contributed by atoms with Gasteiger partial charge < -0.3 is 40.3 Å². The summed E-state index contributed by atoms with van der Waals surface area (Å²) < 4.78 is 12.1. The summed E-state index contributed by atoms with van der Waals surface area (Å²) in [5.41, 5.74) is 3.04. The Morgan fingerprint density at radius 1 is 0.978 bits per heavy atom. The van der Waals surface area contributed by atoms with Gasteiger partial charge in [0, 0.05) is 25.1 Å². The first-order chi connectivity index (χ1) is 21.9. The molecule has 5 atom stereocenters. The van der Waals surface area contributed by atoms with Gasteiger partial charge >= 0.3 is 0 Å². The summed E-state index contributed by atoms with van der Waals surface area (Å²) in [5, 5.41) is 38.0. The number of hydrogen-bond donors (Lipinski definition) is 5. The Morgan fingerprint density at radius 2 is 1.67 bits per heavy atom. The zero-order chi connectivity index (χ0) is 33.1. The SMILES string of the molecule is Cc1ccc([C@]23OC[C@](C)(O2)[C@@H](O)[C@H](O)[C@H]3O)cc1Cc1ccc(CCCC(=O)NC2(C(=O)NCCN(C)C)CCCCC2)cc1. The molecular formula is C36H51N3O7. The van der Waals surface area contributed by atoms with E-state index in [1.165, 1.54) is 0 Å². The second kappa shape index (κ2) is 14.1. The smallest absolute Gasteiger partial charge is 0.245 e. The first kappa shape index (κ1) is 34.5. The van der Waals surface area contributed by atoms with Crippen LogP contribution in [0.15, 0.2) is 42.5 Å². The molecule has 1 saturated carbocycles. The fourth-order valence-electron chi connectivity index (χ4n) is 7.05. The van der Waals surface area contributed by atoms with Crippen LogP contribution in [0.4, 0.5) is 0 Å². The molecule has 10 heteroatoms. The van der Waals surface area contributed by atoms with Gasteiger partial charge in [-0.25, -0.2) is 0 Å². The highest BCUT2D eigenvalue weighted by molar-refractivity contribution is 5.91. The number of likely N-dealkylation sites (N-methyl/N-ethyl adjacent to an activating group) is 1. The maximum Gasteiger partial charge on any atom is 0.245 e. The zero-order valence-corrected chi connectivity index (χ0v) is 27.7. The Labute approximate surface area is 272 Å². The van der Waals surface area contributed by atoms with Crippen molar-refractivity contribution in [3.63, 3.8) is 0 Å². The third kappa shape index (κ3) is 7.17. The van der Waals surface area contributed by atoms with E-state index >= 15 is 0 Å². The lowest BCUT2D eigenvalue weighted by molar-refractivity contribution is -0.322. The maximum absolute atomic E-state index is 13.1. The number of aryl methyl sites for hydroxylation is 2. The van der Waals surface area contributed by atoms with Gasteiger partial charge in [-0.15, -0.1) is 0 Å². The molecular weight excluding hydrogens is 586 g/mol. The van der Waals surface area contributed by atoms with E-state index in [4.69, 9.17) is 9.47 Å². The third-order valence-corrected chi connectivity index (χ3v) is 10.0. The molecule has 10 nitrogen and oxygen atoms in total. The summed E-state index contributed by atoms with van der Waals surface area (Å²) >= 11 is 0. The van der Waals surface area contributed by atoms with Crippen molar-refractivity contribution in [1.29, 1.82) is 0 Å². The van der Waals surface area contributed by atoms with Crippen molar-refractivity contribution in [2.45, 2.75) is 107 Å². The van der Waals surface area contributed by atoms with Gasteiger partial charge in [0.05, 0.1) is 6.61 Å². The fourth-order valence-corrected chi connectivity index (χ4v) is 7.05. The van der Waals surface area contributed by atoms with E-state index in [2.05, 4.69) is 34.9 Å². The molecule has 46 heavy (non-hydrogen) atoms. The average Bonchev–Trinajstić information content (AvgIpc) is 3.38. The summed E-state index contributed by atoms with van der Waals surface area (Å²) in [5.74, 6) is -1.68. The van der Waals surface area contributed by atoms with Crippen LogP contribution in [-0.2, 0) is 37.7 Å². The lowest BCUT2D eigenvalue weighted by atomic mass is 9.80. The number of ether oxygens (including phenoxy) is 2. The predicted molar refractivity (Wildman–Crippen MR) is 174 cm³/mol. The maximum atomic E-state index is 13.1. The molecule has 2 amide bonds. The lowest BCUT2D eigenvalue weighted by Gasteiger charge is -2.45. The molecule has 1 aliphatic carbocycles. The average molecular weight is 638 g/mol. The number of nitrogens with one attached hydrogen (secondary N) is 2. The Kier molecular flexibility index (Phi) is 10.6. The number of hydrogen-bond acceptors (Lipinski definition) is 8. The van der Waals surface area contributed by atoms with Gasteiger partial charge in [-0.05, 0) is 88.4 Å². The highest BCUT2D eigenvalue weighted by Gasteiger charge is 2.65.